The Morgan fingerprint density at radius 3 is 3.17 bits per heavy atom. The van der Waals surface area contributed by atoms with Crippen molar-refractivity contribution >= 4 is 21.6 Å². The molecule has 5 heteroatoms. The first-order valence-corrected chi connectivity index (χ1v) is 8.93. The first-order valence-electron chi connectivity index (χ1n) is 8.11. The van der Waals surface area contributed by atoms with Crippen LogP contribution in [0.25, 0.3) is 10.2 Å². The van der Waals surface area contributed by atoms with E-state index >= 15 is 0 Å². The number of rotatable bonds is 3. The SMILES string of the molecule is CC1CCc2c(sc3ncnc(OCc4cccc(C#N)c4)c23)C1. The van der Waals surface area contributed by atoms with Crippen LogP contribution in [0.15, 0.2) is 30.6 Å². The van der Waals surface area contributed by atoms with Crippen LogP contribution in [0.2, 0.25) is 0 Å². The van der Waals surface area contributed by atoms with Gasteiger partial charge in [-0.05, 0) is 48.4 Å². The van der Waals surface area contributed by atoms with Crippen molar-refractivity contribution in [2.75, 3.05) is 0 Å². The van der Waals surface area contributed by atoms with Crippen LogP contribution in [-0.4, -0.2) is 9.97 Å². The van der Waals surface area contributed by atoms with E-state index in [9.17, 15) is 0 Å². The number of ether oxygens (including phenoxy) is 1. The van der Waals surface area contributed by atoms with E-state index in [1.165, 1.54) is 16.9 Å². The number of aryl methyl sites for hydroxylation is 1. The second-order valence-corrected chi connectivity index (χ2v) is 7.40. The van der Waals surface area contributed by atoms with Gasteiger partial charge in [0.25, 0.3) is 0 Å². The maximum absolute atomic E-state index is 9.00. The Balaban J connectivity index is 1.66. The molecule has 120 valence electrons. The molecule has 0 aliphatic heterocycles. The van der Waals surface area contributed by atoms with Crippen LogP contribution >= 0.6 is 11.3 Å². The highest BCUT2D eigenvalue weighted by molar-refractivity contribution is 7.18. The van der Waals surface area contributed by atoms with Crippen LogP contribution in [0.4, 0.5) is 0 Å². The third-order valence-electron chi connectivity index (χ3n) is 4.49. The highest BCUT2D eigenvalue weighted by Crippen LogP contribution is 2.40. The summed E-state index contributed by atoms with van der Waals surface area (Å²) in [5.41, 5.74) is 2.99. The molecule has 1 unspecified atom stereocenters. The summed E-state index contributed by atoms with van der Waals surface area (Å²) in [6.07, 6.45) is 4.98. The number of fused-ring (bicyclic) bond motifs is 3. The summed E-state index contributed by atoms with van der Waals surface area (Å²) in [6, 6.07) is 9.64. The Morgan fingerprint density at radius 1 is 1.38 bits per heavy atom. The van der Waals surface area contributed by atoms with Crippen molar-refractivity contribution in [3.63, 3.8) is 0 Å². The fourth-order valence-corrected chi connectivity index (χ4v) is 4.58. The lowest BCUT2D eigenvalue weighted by molar-refractivity contribution is 0.297. The summed E-state index contributed by atoms with van der Waals surface area (Å²) in [5, 5.41) is 10.1. The largest absolute Gasteiger partial charge is 0.472 e. The van der Waals surface area contributed by atoms with Crippen molar-refractivity contribution in [3.05, 3.63) is 52.2 Å². The van der Waals surface area contributed by atoms with Gasteiger partial charge in [-0.25, -0.2) is 9.97 Å². The molecule has 0 amide bonds. The van der Waals surface area contributed by atoms with E-state index in [0.717, 1.165) is 34.5 Å². The fraction of sp³-hybridized carbons (Fsp3) is 0.316. The van der Waals surface area contributed by atoms with Gasteiger partial charge in [-0.3, -0.25) is 0 Å². The van der Waals surface area contributed by atoms with Gasteiger partial charge in [0, 0.05) is 4.88 Å². The van der Waals surface area contributed by atoms with Gasteiger partial charge in [-0.2, -0.15) is 5.26 Å². The molecule has 1 atom stereocenters. The van der Waals surface area contributed by atoms with Crippen molar-refractivity contribution in [2.24, 2.45) is 5.92 Å². The number of hydrogen-bond acceptors (Lipinski definition) is 5. The van der Waals surface area contributed by atoms with Gasteiger partial charge >= 0.3 is 0 Å². The summed E-state index contributed by atoms with van der Waals surface area (Å²) in [5.74, 6) is 1.39. The van der Waals surface area contributed by atoms with Gasteiger partial charge < -0.3 is 4.74 Å². The zero-order valence-corrected chi connectivity index (χ0v) is 14.3. The predicted molar refractivity (Wildman–Crippen MR) is 94.1 cm³/mol. The lowest BCUT2D eigenvalue weighted by atomic mass is 9.89. The molecule has 0 saturated carbocycles. The van der Waals surface area contributed by atoms with Crippen LogP contribution in [0.3, 0.4) is 0 Å². The first-order chi connectivity index (χ1) is 11.7. The molecule has 1 aromatic carbocycles. The van der Waals surface area contributed by atoms with Crippen LogP contribution in [0, 0.1) is 17.2 Å². The van der Waals surface area contributed by atoms with Gasteiger partial charge in [0.2, 0.25) is 5.88 Å². The summed E-state index contributed by atoms with van der Waals surface area (Å²) in [7, 11) is 0. The van der Waals surface area contributed by atoms with E-state index < -0.39 is 0 Å². The van der Waals surface area contributed by atoms with Crippen molar-refractivity contribution < 1.29 is 4.74 Å². The Bertz CT molecular complexity index is 941. The number of hydrogen-bond donors (Lipinski definition) is 0. The Kier molecular flexibility index (Phi) is 3.91. The highest BCUT2D eigenvalue weighted by Gasteiger charge is 2.23. The van der Waals surface area contributed by atoms with Crippen LogP contribution in [-0.2, 0) is 19.4 Å². The minimum absolute atomic E-state index is 0.405. The maximum atomic E-state index is 9.00. The van der Waals surface area contributed by atoms with Crippen molar-refractivity contribution in [1.82, 2.24) is 9.97 Å². The molecule has 4 nitrogen and oxygen atoms in total. The van der Waals surface area contributed by atoms with E-state index in [-0.39, 0.29) is 0 Å². The molecule has 0 bridgehead atoms. The van der Waals surface area contributed by atoms with Crippen molar-refractivity contribution in [3.8, 4) is 11.9 Å². The Labute approximate surface area is 144 Å². The third kappa shape index (κ3) is 2.74. The number of thiophene rings is 1. The molecule has 3 aromatic rings. The fourth-order valence-electron chi connectivity index (χ4n) is 3.24. The van der Waals surface area contributed by atoms with Crippen molar-refractivity contribution in [1.29, 1.82) is 5.26 Å². The zero-order chi connectivity index (χ0) is 16.5. The number of nitrogens with zero attached hydrogens (tertiary/aromatic N) is 3. The third-order valence-corrected chi connectivity index (χ3v) is 5.65. The van der Waals surface area contributed by atoms with E-state index in [4.69, 9.17) is 10.00 Å². The van der Waals surface area contributed by atoms with Gasteiger partial charge in [-0.15, -0.1) is 11.3 Å². The molecule has 0 saturated heterocycles. The summed E-state index contributed by atoms with van der Waals surface area (Å²) in [6.45, 7) is 2.71. The second-order valence-electron chi connectivity index (χ2n) is 6.31. The second kappa shape index (κ2) is 6.21. The maximum Gasteiger partial charge on any atom is 0.225 e. The van der Waals surface area contributed by atoms with Crippen LogP contribution < -0.4 is 4.74 Å². The Hall–Kier alpha value is -2.45. The molecule has 4 rings (SSSR count). The average molecular weight is 335 g/mol. The predicted octanol–water partition coefficient (Wildman–Crippen LogP) is 4.27. The molecule has 0 fully saturated rings. The van der Waals surface area contributed by atoms with Gasteiger partial charge in [0.15, 0.2) is 0 Å². The molecular formula is C19H17N3OS. The number of aromatic nitrogens is 2. The molecule has 0 spiro atoms. The average Bonchev–Trinajstić information content (AvgIpc) is 2.98. The molecule has 0 N–H and O–H groups in total. The van der Waals surface area contributed by atoms with E-state index in [0.29, 0.717) is 18.1 Å². The van der Waals surface area contributed by atoms with Crippen LogP contribution in [0.1, 0.15) is 34.9 Å². The Morgan fingerprint density at radius 2 is 2.29 bits per heavy atom. The molecule has 1 aliphatic carbocycles. The normalized spacial score (nSPS) is 16.6. The minimum Gasteiger partial charge on any atom is -0.472 e. The standard InChI is InChI=1S/C19H17N3OS/c1-12-5-6-15-16(7-12)24-19-17(15)18(21-11-22-19)23-10-14-4-2-3-13(8-14)9-20/h2-4,8,11-12H,5-7,10H2,1H3. The molecular weight excluding hydrogens is 318 g/mol. The van der Waals surface area contributed by atoms with Crippen molar-refractivity contribution in [2.45, 2.75) is 32.8 Å². The molecule has 1 aliphatic rings. The lowest BCUT2D eigenvalue weighted by Gasteiger charge is -2.18. The van der Waals surface area contributed by atoms with Gasteiger partial charge in [0.1, 0.15) is 17.8 Å². The molecule has 0 radical (unpaired) electrons. The molecule has 2 heterocycles. The van der Waals surface area contributed by atoms with Gasteiger partial charge in [-0.1, -0.05) is 19.1 Å². The number of nitriles is 1. The van der Waals surface area contributed by atoms with E-state index in [1.54, 1.807) is 23.7 Å². The smallest absolute Gasteiger partial charge is 0.225 e. The lowest BCUT2D eigenvalue weighted by Crippen LogP contribution is -2.09. The minimum atomic E-state index is 0.405. The highest BCUT2D eigenvalue weighted by atomic mass is 32.1. The summed E-state index contributed by atoms with van der Waals surface area (Å²) in [4.78, 5) is 11.3. The molecule has 24 heavy (non-hydrogen) atoms. The number of benzene rings is 1. The van der Waals surface area contributed by atoms with E-state index in [1.807, 2.05) is 18.2 Å². The van der Waals surface area contributed by atoms with Crippen LogP contribution in [0.5, 0.6) is 5.88 Å². The first kappa shape index (κ1) is 15.1. The summed E-state index contributed by atoms with van der Waals surface area (Å²) < 4.78 is 6.00. The molecule has 2 aromatic heterocycles. The van der Waals surface area contributed by atoms with E-state index in [2.05, 4.69) is 23.0 Å². The summed E-state index contributed by atoms with van der Waals surface area (Å²) >= 11 is 1.77. The topological polar surface area (TPSA) is 58.8 Å². The quantitative estimate of drug-likeness (QED) is 0.717. The monoisotopic (exact) mass is 335 g/mol. The van der Waals surface area contributed by atoms with Gasteiger partial charge in [0.05, 0.1) is 17.0 Å². The zero-order valence-electron chi connectivity index (χ0n) is 13.5.